The highest BCUT2D eigenvalue weighted by Crippen LogP contribution is 2.60. The second-order valence-corrected chi connectivity index (χ2v) is 9.65. The van der Waals surface area contributed by atoms with Gasteiger partial charge in [-0.2, -0.15) is 0 Å². The van der Waals surface area contributed by atoms with Gasteiger partial charge in [0.05, 0.1) is 5.75 Å². The van der Waals surface area contributed by atoms with Crippen LogP contribution in [0, 0.1) is 23.2 Å². The van der Waals surface area contributed by atoms with E-state index in [0.717, 1.165) is 42.6 Å². The Morgan fingerprint density at radius 1 is 1.08 bits per heavy atom. The van der Waals surface area contributed by atoms with E-state index in [-0.39, 0.29) is 5.41 Å². The summed E-state index contributed by atoms with van der Waals surface area (Å²) >= 11 is 7.29. The molecule has 0 radical (unpaired) electrons. The zero-order valence-corrected chi connectivity index (χ0v) is 16.1. The maximum absolute atomic E-state index is 13.1. The van der Waals surface area contributed by atoms with Crippen molar-refractivity contribution in [1.82, 2.24) is 10.2 Å². The van der Waals surface area contributed by atoms with Crippen LogP contribution in [0.3, 0.4) is 0 Å². The molecule has 4 saturated carbocycles. The number of halogens is 1. The number of hydrogen-bond acceptors (Lipinski definition) is 5. The topological polar surface area (TPSA) is 56.0 Å². The van der Waals surface area contributed by atoms with Crippen LogP contribution in [0.2, 0.25) is 5.02 Å². The predicted molar refractivity (Wildman–Crippen MR) is 101 cm³/mol. The Balaban J connectivity index is 1.25. The number of carbonyl (C=O) groups excluding carboxylic acids is 1. The lowest BCUT2D eigenvalue weighted by molar-refractivity contribution is -0.141. The molecule has 6 heteroatoms. The molecule has 4 aliphatic rings. The lowest BCUT2D eigenvalue weighted by Gasteiger charge is -2.55. The van der Waals surface area contributed by atoms with Gasteiger partial charge in [0, 0.05) is 16.0 Å². The summed E-state index contributed by atoms with van der Waals surface area (Å²) in [6.07, 6.45) is 7.39. The first kappa shape index (κ1) is 16.8. The Morgan fingerprint density at radius 2 is 1.69 bits per heavy atom. The van der Waals surface area contributed by atoms with Crippen molar-refractivity contribution < 1.29 is 9.21 Å². The van der Waals surface area contributed by atoms with E-state index in [1.165, 1.54) is 31.0 Å². The van der Waals surface area contributed by atoms with Gasteiger partial charge in [-0.25, -0.2) is 0 Å². The van der Waals surface area contributed by atoms with Gasteiger partial charge in [-0.1, -0.05) is 23.4 Å². The minimum absolute atomic E-state index is 0.0548. The summed E-state index contributed by atoms with van der Waals surface area (Å²) in [5, 5.41) is 9.33. The van der Waals surface area contributed by atoms with Crippen molar-refractivity contribution in [3.8, 4) is 11.5 Å². The molecule has 0 amide bonds. The molecule has 0 unspecified atom stereocenters. The van der Waals surface area contributed by atoms with Gasteiger partial charge in [0.25, 0.3) is 5.22 Å². The Labute approximate surface area is 162 Å². The molecule has 4 nitrogen and oxygen atoms in total. The molecule has 0 saturated heterocycles. The Hall–Kier alpha value is -1.33. The standard InChI is InChI=1S/C20H21ClN2O2S/c21-16-3-1-15(2-4-16)18-22-23-19(25-18)26-11-17(24)20-8-12-5-13(9-20)7-14(6-12)10-20/h1-4,12-14H,5-11H2. The number of rotatable bonds is 5. The molecule has 4 aliphatic carbocycles. The summed E-state index contributed by atoms with van der Waals surface area (Å²) < 4.78 is 5.72. The van der Waals surface area contributed by atoms with Crippen LogP contribution in [0.1, 0.15) is 38.5 Å². The van der Waals surface area contributed by atoms with Crippen LogP contribution in [0.4, 0.5) is 0 Å². The van der Waals surface area contributed by atoms with Crippen molar-refractivity contribution >= 4 is 29.1 Å². The smallest absolute Gasteiger partial charge is 0.277 e. The highest BCUT2D eigenvalue weighted by Gasteiger charge is 2.54. The molecule has 2 aromatic rings. The largest absolute Gasteiger partial charge is 0.411 e. The van der Waals surface area contributed by atoms with Crippen molar-refractivity contribution in [3.63, 3.8) is 0 Å². The number of nitrogens with zero attached hydrogens (tertiary/aromatic N) is 2. The number of benzene rings is 1. The fourth-order valence-electron chi connectivity index (χ4n) is 5.71. The third-order valence-corrected chi connectivity index (χ3v) is 7.52. The zero-order chi connectivity index (χ0) is 17.7. The number of ketones is 1. The molecule has 1 aromatic carbocycles. The molecule has 1 heterocycles. The van der Waals surface area contributed by atoms with E-state index in [0.29, 0.717) is 27.7 Å². The van der Waals surface area contributed by atoms with E-state index in [1.54, 1.807) is 12.1 Å². The number of hydrogen-bond donors (Lipinski definition) is 0. The van der Waals surface area contributed by atoms with Crippen molar-refractivity contribution in [3.05, 3.63) is 29.3 Å². The molecule has 4 fully saturated rings. The lowest BCUT2D eigenvalue weighted by Crippen LogP contribution is -2.50. The van der Waals surface area contributed by atoms with E-state index in [2.05, 4.69) is 10.2 Å². The van der Waals surface area contributed by atoms with Gasteiger partial charge in [0.1, 0.15) is 5.78 Å². The monoisotopic (exact) mass is 388 g/mol. The number of Topliss-reactive ketones (excluding diaryl/α,β-unsaturated/α-hetero) is 1. The number of carbonyl (C=O) groups is 1. The van der Waals surface area contributed by atoms with Gasteiger partial charge in [-0.05, 0) is 80.5 Å². The molecule has 4 bridgehead atoms. The Kier molecular flexibility index (Phi) is 4.13. The highest BCUT2D eigenvalue weighted by molar-refractivity contribution is 7.99. The summed E-state index contributed by atoms with van der Waals surface area (Å²) in [4.78, 5) is 13.1. The maximum Gasteiger partial charge on any atom is 0.277 e. The molecule has 136 valence electrons. The first-order valence-corrected chi connectivity index (χ1v) is 10.7. The second kappa shape index (κ2) is 6.38. The average Bonchev–Trinajstić information content (AvgIpc) is 3.08. The first-order valence-electron chi connectivity index (χ1n) is 9.35. The van der Waals surface area contributed by atoms with E-state index >= 15 is 0 Å². The molecule has 1 aromatic heterocycles. The van der Waals surface area contributed by atoms with Gasteiger partial charge in [-0.3, -0.25) is 4.79 Å². The van der Waals surface area contributed by atoms with Crippen molar-refractivity contribution in [1.29, 1.82) is 0 Å². The van der Waals surface area contributed by atoms with Crippen LogP contribution in [0.25, 0.3) is 11.5 Å². The van der Waals surface area contributed by atoms with Gasteiger partial charge in [-0.15, -0.1) is 10.2 Å². The molecule has 0 aliphatic heterocycles. The van der Waals surface area contributed by atoms with E-state index in [4.69, 9.17) is 16.0 Å². The SMILES string of the molecule is O=C(CSc1nnc(-c2ccc(Cl)cc2)o1)C12CC3CC(CC(C3)C1)C2. The molecule has 6 rings (SSSR count). The second-order valence-electron chi connectivity index (χ2n) is 8.29. The normalized spacial score (nSPS) is 32.1. The van der Waals surface area contributed by atoms with Gasteiger partial charge < -0.3 is 4.42 Å². The van der Waals surface area contributed by atoms with Crippen molar-refractivity contribution in [2.75, 3.05) is 5.75 Å². The Morgan fingerprint density at radius 3 is 2.31 bits per heavy atom. The van der Waals surface area contributed by atoms with Gasteiger partial charge in [0.15, 0.2) is 0 Å². The molecular weight excluding hydrogens is 368 g/mol. The van der Waals surface area contributed by atoms with Crippen LogP contribution < -0.4 is 0 Å². The summed E-state index contributed by atoms with van der Waals surface area (Å²) in [5.41, 5.74) is 0.780. The third kappa shape index (κ3) is 2.99. The molecule has 0 N–H and O–H groups in total. The summed E-state index contributed by atoms with van der Waals surface area (Å²) in [6.45, 7) is 0. The van der Waals surface area contributed by atoms with Crippen molar-refractivity contribution in [2.45, 2.75) is 43.7 Å². The third-order valence-electron chi connectivity index (χ3n) is 6.45. The minimum atomic E-state index is -0.0548. The number of thioether (sulfide) groups is 1. The fraction of sp³-hybridized carbons (Fsp3) is 0.550. The molecule has 0 atom stereocenters. The average molecular weight is 389 g/mol. The van der Waals surface area contributed by atoms with Crippen molar-refractivity contribution in [2.24, 2.45) is 23.2 Å². The van der Waals surface area contributed by atoms with Crippen LogP contribution in [-0.4, -0.2) is 21.7 Å². The minimum Gasteiger partial charge on any atom is -0.411 e. The summed E-state index contributed by atoms with van der Waals surface area (Å²) in [5.74, 6) is 3.66. The van der Waals surface area contributed by atoms with Gasteiger partial charge in [0.2, 0.25) is 5.89 Å². The fourth-order valence-corrected chi connectivity index (χ4v) is 6.63. The molecule has 26 heavy (non-hydrogen) atoms. The maximum atomic E-state index is 13.1. The molecular formula is C20H21ClN2O2S. The van der Waals surface area contributed by atoms with E-state index < -0.39 is 0 Å². The predicted octanol–water partition coefficient (Wildman–Crippen LogP) is 5.27. The van der Waals surface area contributed by atoms with Crippen LogP contribution >= 0.6 is 23.4 Å². The lowest BCUT2D eigenvalue weighted by atomic mass is 9.48. The highest BCUT2D eigenvalue weighted by atomic mass is 35.5. The van der Waals surface area contributed by atoms with E-state index in [9.17, 15) is 4.79 Å². The molecule has 0 spiro atoms. The summed E-state index contributed by atoms with van der Waals surface area (Å²) in [7, 11) is 0. The Bertz CT molecular complexity index is 797. The first-order chi connectivity index (χ1) is 12.6. The quantitative estimate of drug-likeness (QED) is 0.653. The number of aromatic nitrogens is 2. The van der Waals surface area contributed by atoms with Gasteiger partial charge >= 0.3 is 0 Å². The van der Waals surface area contributed by atoms with Crippen LogP contribution in [0.15, 0.2) is 33.9 Å². The summed E-state index contributed by atoms with van der Waals surface area (Å²) in [6, 6.07) is 7.30. The van der Waals surface area contributed by atoms with E-state index in [1.807, 2.05) is 12.1 Å². The zero-order valence-electron chi connectivity index (χ0n) is 14.5. The van der Waals surface area contributed by atoms with Crippen LogP contribution in [-0.2, 0) is 4.79 Å². The van der Waals surface area contributed by atoms with Crippen LogP contribution in [0.5, 0.6) is 0 Å².